The van der Waals surface area contributed by atoms with Crippen molar-refractivity contribution in [3.63, 3.8) is 0 Å². The minimum absolute atomic E-state index is 0.0753. The maximum Gasteiger partial charge on any atom is 0.230 e. The molecule has 1 N–H and O–H groups in total. The van der Waals surface area contributed by atoms with E-state index >= 15 is 0 Å². The zero-order chi connectivity index (χ0) is 15.7. The summed E-state index contributed by atoms with van der Waals surface area (Å²) in [7, 11) is 0. The lowest BCUT2D eigenvalue weighted by Crippen LogP contribution is -2.16. The van der Waals surface area contributed by atoms with E-state index in [1.54, 1.807) is 24.3 Å². The number of anilines is 1. The second-order valence-corrected chi connectivity index (χ2v) is 5.70. The van der Waals surface area contributed by atoms with Crippen LogP contribution in [0.5, 0.6) is 0 Å². The van der Waals surface area contributed by atoms with Gasteiger partial charge in [-0.25, -0.2) is 4.98 Å². The number of hydrogen-bond donors (Lipinski definition) is 1. The van der Waals surface area contributed by atoms with Gasteiger partial charge in [0.25, 0.3) is 0 Å². The fourth-order valence-electron chi connectivity index (χ4n) is 2.47. The summed E-state index contributed by atoms with van der Waals surface area (Å²) >= 11 is 5.84. The first-order valence-corrected chi connectivity index (χ1v) is 7.41. The van der Waals surface area contributed by atoms with Crippen molar-refractivity contribution in [2.75, 3.05) is 5.32 Å². The normalized spacial score (nSPS) is 10.9. The maximum absolute atomic E-state index is 12.3. The predicted octanol–water partition coefficient (Wildman–Crippen LogP) is 3.79. The van der Waals surface area contributed by atoms with Crippen LogP contribution >= 0.6 is 11.6 Å². The van der Waals surface area contributed by atoms with Crippen LogP contribution in [-0.2, 0) is 11.2 Å². The van der Waals surface area contributed by atoms with Gasteiger partial charge in [-0.1, -0.05) is 17.7 Å². The highest BCUT2D eigenvalue weighted by Gasteiger charge is 2.13. The van der Waals surface area contributed by atoms with Gasteiger partial charge >= 0.3 is 0 Å². The summed E-state index contributed by atoms with van der Waals surface area (Å²) < 4.78 is 1.98. The number of hydrogen-bond acceptors (Lipinski definition) is 2. The number of aryl methyl sites for hydroxylation is 2. The van der Waals surface area contributed by atoms with Crippen LogP contribution in [0.1, 0.15) is 17.0 Å². The van der Waals surface area contributed by atoms with E-state index in [1.165, 1.54) is 0 Å². The standard InChI is InChI=1S/C17H16ClN3O/c1-11-4-3-9-21-15(12(2)19-17(11)21)10-16(22)20-14-7-5-13(18)6-8-14/h3-9H,10H2,1-2H3,(H,20,22). The van der Waals surface area contributed by atoms with E-state index in [1.807, 2.05) is 36.6 Å². The van der Waals surface area contributed by atoms with Crippen LogP contribution in [0.4, 0.5) is 5.69 Å². The second kappa shape index (κ2) is 5.81. The molecular weight excluding hydrogens is 298 g/mol. The third kappa shape index (κ3) is 2.83. The van der Waals surface area contributed by atoms with Gasteiger partial charge in [0.2, 0.25) is 5.91 Å². The number of carbonyl (C=O) groups excluding carboxylic acids is 1. The van der Waals surface area contributed by atoms with Gasteiger partial charge in [0.05, 0.1) is 17.8 Å². The molecule has 5 heteroatoms. The van der Waals surface area contributed by atoms with Crippen molar-refractivity contribution in [3.8, 4) is 0 Å². The van der Waals surface area contributed by atoms with Gasteiger partial charge in [0, 0.05) is 16.9 Å². The van der Waals surface area contributed by atoms with E-state index in [4.69, 9.17) is 11.6 Å². The average Bonchev–Trinajstić information content (AvgIpc) is 2.80. The van der Waals surface area contributed by atoms with Crippen LogP contribution in [0.15, 0.2) is 42.6 Å². The molecular formula is C17H16ClN3O. The highest BCUT2D eigenvalue weighted by Crippen LogP contribution is 2.17. The lowest BCUT2D eigenvalue weighted by atomic mass is 10.2. The molecule has 112 valence electrons. The van der Waals surface area contributed by atoms with Crippen LogP contribution in [0, 0.1) is 13.8 Å². The van der Waals surface area contributed by atoms with Gasteiger partial charge in [-0.05, 0) is 49.7 Å². The molecule has 0 aliphatic rings. The number of nitrogens with zero attached hydrogens (tertiary/aromatic N) is 2. The van der Waals surface area contributed by atoms with E-state index < -0.39 is 0 Å². The molecule has 1 amide bonds. The summed E-state index contributed by atoms with van der Waals surface area (Å²) in [5.41, 5.74) is 4.51. The number of imidazole rings is 1. The average molecular weight is 314 g/mol. The van der Waals surface area contributed by atoms with Crippen molar-refractivity contribution in [1.29, 1.82) is 0 Å². The Bertz CT molecular complexity index is 837. The third-order valence-electron chi connectivity index (χ3n) is 3.60. The number of nitrogens with one attached hydrogen (secondary N) is 1. The Morgan fingerprint density at radius 3 is 2.68 bits per heavy atom. The van der Waals surface area contributed by atoms with Gasteiger partial charge < -0.3 is 9.72 Å². The lowest BCUT2D eigenvalue weighted by Gasteiger charge is -2.06. The van der Waals surface area contributed by atoms with Crippen molar-refractivity contribution in [2.24, 2.45) is 0 Å². The van der Waals surface area contributed by atoms with Crippen LogP contribution in [-0.4, -0.2) is 15.3 Å². The van der Waals surface area contributed by atoms with Crippen molar-refractivity contribution < 1.29 is 4.79 Å². The summed E-state index contributed by atoms with van der Waals surface area (Å²) in [6.07, 6.45) is 2.21. The Morgan fingerprint density at radius 1 is 1.23 bits per heavy atom. The van der Waals surface area contributed by atoms with Gasteiger partial charge in [-0.15, -0.1) is 0 Å². The Morgan fingerprint density at radius 2 is 1.95 bits per heavy atom. The van der Waals surface area contributed by atoms with Crippen LogP contribution < -0.4 is 5.32 Å². The fraction of sp³-hybridized carbons (Fsp3) is 0.176. The van der Waals surface area contributed by atoms with E-state index in [0.29, 0.717) is 5.02 Å². The second-order valence-electron chi connectivity index (χ2n) is 5.26. The van der Waals surface area contributed by atoms with Crippen molar-refractivity contribution in [1.82, 2.24) is 9.38 Å². The molecule has 2 heterocycles. The van der Waals surface area contributed by atoms with Gasteiger partial charge in [-0.3, -0.25) is 4.79 Å². The summed E-state index contributed by atoms with van der Waals surface area (Å²) in [6.45, 7) is 3.94. The Kier molecular flexibility index (Phi) is 3.86. The van der Waals surface area contributed by atoms with Crippen LogP contribution in [0.2, 0.25) is 5.02 Å². The maximum atomic E-state index is 12.3. The van der Waals surface area contributed by atoms with Crippen LogP contribution in [0.3, 0.4) is 0 Å². The SMILES string of the molecule is Cc1nc2c(C)cccn2c1CC(=O)Nc1ccc(Cl)cc1. The van der Waals surface area contributed by atoms with Crippen molar-refractivity contribution >= 4 is 28.8 Å². The highest BCUT2D eigenvalue weighted by atomic mass is 35.5. The van der Waals surface area contributed by atoms with Gasteiger partial charge in [0.1, 0.15) is 5.65 Å². The fourth-order valence-corrected chi connectivity index (χ4v) is 2.60. The molecule has 0 radical (unpaired) electrons. The molecule has 4 nitrogen and oxygen atoms in total. The molecule has 3 rings (SSSR count). The zero-order valence-corrected chi connectivity index (χ0v) is 13.2. The molecule has 0 bridgehead atoms. The largest absolute Gasteiger partial charge is 0.326 e. The minimum atomic E-state index is -0.0753. The Labute approximate surface area is 133 Å². The minimum Gasteiger partial charge on any atom is -0.326 e. The van der Waals surface area contributed by atoms with E-state index in [2.05, 4.69) is 10.3 Å². The van der Waals surface area contributed by atoms with E-state index in [0.717, 1.165) is 28.3 Å². The number of aromatic nitrogens is 2. The summed E-state index contributed by atoms with van der Waals surface area (Å²) in [4.78, 5) is 16.8. The Balaban J connectivity index is 1.84. The highest BCUT2D eigenvalue weighted by molar-refractivity contribution is 6.30. The number of pyridine rings is 1. The zero-order valence-electron chi connectivity index (χ0n) is 12.4. The number of amides is 1. The molecule has 1 aromatic carbocycles. The summed E-state index contributed by atoms with van der Waals surface area (Å²) in [5, 5.41) is 3.52. The predicted molar refractivity (Wildman–Crippen MR) is 88.5 cm³/mol. The molecule has 0 spiro atoms. The van der Waals surface area contributed by atoms with Gasteiger partial charge in [0.15, 0.2) is 0 Å². The third-order valence-corrected chi connectivity index (χ3v) is 3.85. The van der Waals surface area contributed by atoms with Crippen LogP contribution in [0.25, 0.3) is 5.65 Å². The molecule has 0 aliphatic heterocycles. The molecule has 0 atom stereocenters. The van der Waals surface area contributed by atoms with Crippen molar-refractivity contribution in [2.45, 2.75) is 20.3 Å². The molecule has 22 heavy (non-hydrogen) atoms. The number of benzene rings is 1. The summed E-state index contributed by atoms with van der Waals surface area (Å²) in [5.74, 6) is -0.0753. The quantitative estimate of drug-likeness (QED) is 0.799. The number of rotatable bonds is 3. The Hall–Kier alpha value is -2.33. The van der Waals surface area contributed by atoms with E-state index in [9.17, 15) is 4.79 Å². The molecule has 0 fully saturated rings. The smallest absolute Gasteiger partial charge is 0.230 e. The summed E-state index contributed by atoms with van der Waals surface area (Å²) in [6, 6.07) is 11.0. The number of halogens is 1. The van der Waals surface area contributed by atoms with Gasteiger partial charge in [-0.2, -0.15) is 0 Å². The number of fused-ring (bicyclic) bond motifs is 1. The molecule has 2 aromatic heterocycles. The van der Waals surface area contributed by atoms with E-state index in [-0.39, 0.29) is 12.3 Å². The lowest BCUT2D eigenvalue weighted by molar-refractivity contribution is -0.115. The molecule has 0 saturated carbocycles. The first-order chi connectivity index (χ1) is 10.5. The number of carbonyl (C=O) groups is 1. The first-order valence-electron chi connectivity index (χ1n) is 7.03. The first kappa shape index (κ1) is 14.6. The molecule has 3 aromatic rings. The monoisotopic (exact) mass is 313 g/mol. The topological polar surface area (TPSA) is 46.4 Å². The molecule has 0 aliphatic carbocycles. The van der Waals surface area contributed by atoms with Crippen molar-refractivity contribution in [3.05, 3.63) is 64.6 Å². The molecule has 0 unspecified atom stereocenters. The molecule has 0 saturated heterocycles.